The number of carbonyl (C=O) groups excluding carboxylic acids is 1. The van der Waals surface area contributed by atoms with Gasteiger partial charge in [0.25, 0.3) is 5.91 Å². The van der Waals surface area contributed by atoms with Crippen LogP contribution in [0.2, 0.25) is 0 Å². The van der Waals surface area contributed by atoms with Crippen LogP contribution in [0, 0.1) is 5.82 Å². The van der Waals surface area contributed by atoms with Gasteiger partial charge >= 0.3 is 0 Å². The molecule has 1 aromatic carbocycles. The van der Waals surface area contributed by atoms with Crippen LogP contribution in [-0.4, -0.2) is 48.4 Å². The number of amides is 1. The number of ether oxygens (including phenoxy) is 1. The van der Waals surface area contributed by atoms with E-state index < -0.39 is 5.91 Å². The first-order valence-electron chi connectivity index (χ1n) is 7.44. The van der Waals surface area contributed by atoms with Gasteiger partial charge < -0.3 is 15.4 Å². The monoisotopic (exact) mass is 348 g/mol. The molecule has 1 saturated heterocycles. The predicted octanol–water partition coefficient (Wildman–Crippen LogP) is 1.94. The minimum Gasteiger partial charge on any atom is -0.378 e. The molecule has 0 atom stereocenters. The van der Waals surface area contributed by atoms with E-state index in [-0.39, 0.29) is 11.4 Å². The lowest BCUT2D eigenvalue weighted by Gasteiger charge is -2.29. The molecule has 1 fully saturated rings. The number of thioether (sulfide) groups is 1. The molecule has 1 aromatic heterocycles. The molecule has 0 radical (unpaired) electrons. The van der Waals surface area contributed by atoms with Crippen LogP contribution in [0.3, 0.4) is 0 Å². The Bertz CT molecular complexity index is 748. The number of anilines is 1. The van der Waals surface area contributed by atoms with Crippen molar-refractivity contribution in [3.8, 4) is 11.3 Å². The van der Waals surface area contributed by atoms with Crippen molar-refractivity contribution in [3.05, 3.63) is 35.6 Å². The quantitative estimate of drug-likeness (QED) is 0.672. The highest BCUT2D eigenvalue weighted by molar-refractivity contribution is 7.98. The van der Waals surface area contributed by atoms with Crippen LogP contribution in [0.1, 0.15) is 10.4 Å². The summed E-state index contributed by atoms with van der Waals surface area (Å²) in [4.78, 5) is 23.0. The van der Waals surface area contributed by atoms with Gasteiger partial charge in [0, 0.05) is 18.7 Å². The molecule has 0 saturated carbocycles. The molecule has 8 heteroatoms. The number of rotatable bonds is 4. The number of nitrogens with two attached hydrogens (primary N) is 1. The van der Waals surface area contributed by atoms with E-state index in [1.165, 1.54) is 23.9 Å². The van der Waals surface area contributed by atoms with Crippen LogP contribution in [0.15, 0.2) is 29.4 Å². The molecule has 6 nitrogen and oxygen atoms in total. The zero-order valence-corrected chi connectivity index (χ0v) is 14.0. The Morgan fingerprint density at radius 3 is 2.50 bits per heavy atom. The van der Waals surface area contributed by atoms with Gasteiger partial charge in [-0.3, -0.25) is 4.79 Å². The molecule has 1 aliphatic rings. The number of nitrogens with zero attached hydrogens (tertiary/aromatic N) is 3. The fourth-order valence-corrected chi connectivity index (χ4v) is 2.93. The van der Waals surface area contributed by atoms with Gasteiger partial charge in [0.15, 0.2) is 5.16 Å². The summed E-state index contributed by atoms with van der Waals surface area (Å²) in [6, 6.07) is 5.82. The summed E-state index contributed by atoms with van der Waals surface area (Å²) in [5, 5.41) is 0.529. The maximum atomic E-state index is 13.2. The standard InChI is InChI=1S/C16H17FN4O2S/c1-24-16-19-13(10-2-4-11(17)5-3-10)12(14(18)22)15(20-16)21-6-8-23-9-7-21/h2-5H,6-9H2,1H3,(H2,18,22). The summed E-state index contributed by atoms with van der Waals surface area (Å²) in [6.07, 6.45) is 1.86. The summed E-state index contributed by atoms with van der Waals surface area (Å²) in [6.45, 7) is 2.35. The van der Waals surface area contributed by atoms with Crippen LogP contribution < -0.4 is 10.6 Å². The van der Waals surface area contributed by atoms with Gasteiger partial charge in [-0.15, -0.1) is 0 Å². The maximum Gasteiger partial charge on any atom is 0.254 e. The van der Waals surface area contributed by atoms with Gasteiger partial charge in [-0.2, -0.15) is 0 Å². The minimum absolute atomic E-state index is 0.251. The Morgan fingerprint density at radius 2 is 1.92 bits per heavy atom. The molecule has 24 heavy (non-hydrogen) atoms. The fraction of sp³-hybridized carbons (Fsp3) is 0.312. The van der Waals surface area contributed by atoms with Gasteiger partial charge in [-0.05, 0) is 30.5 Å². The zero-order chi connectivity index (χ0) is 17.1. The van der Waals surface area contributed by atoms with Crippen molar-refractivity contribution in [1.82, 2.24) is 9.97 Å². The van der Waals surface area contributed by atoms with Crippen molar-refractivity contribution >= 4 is 23.5 Å². The Morgan fingerprint density at radius 1 is 1.25 bits per heavy atom. The fourth-order valence-electron chi connectivity index (χ4n) is 2.57. The first-order chi connectivity index (χ1) is 11.6. The van der Waals surface area contributed by atoms with Crippen LogP contribution in [-0.2, 0) is 4.74 Å². The third-order valence-corrected chi connectivity index (χ3v) is 4.27. The van der Waals surface area contributed by atoms with E-state index in [9.17, 15) is 9.18 Å². The zero-order valence-electron chi connectivity index (χ0n) is 13.2. The first kappa shape index (κ1) is 16.7. The van der Waals surface area contributed by atoms with Crippen LogP contribution in [0.4, 0.5) is 10.2 Å². The molecule has 1 amide bonds. The summed E-state index contributed by atoms with van der Waals surface area (Å²) in [7, 11) is 0. The molecule has 2 heterocycles. The lowest BCUT2D eigenvalue weighted by molar-refractivity contribution is 0.0998. The topological polar surface area (TPSA) is 81.3 Å². The predicted molar refractivity (Wildman–Crippen MR) is 90.8 cm³/mol. The largest absolute Gasteiger partial charge is 0.378 e. The number of hydrogen-bond acceptors (Lipinski definition) is 6. The summed E-state index contributed by atoms with van der Waals surface area (Å²) in [5.74, 6) is -0.458. The van der Waals surface area contributed by atoms with E-state index in [0.29, 0.717) is 48.5 Å². The second-order valence-electron chi connectivity index (χ2n) is 5.23. The van der Waals surface area contributed by atoms with E-state index in [1.54, 1.807) is 12.1 Å². The minimum atomic E-state index is -0.608. The highest BCUT2D eigenvalue weighted by Gasteiger charge is 2.25. The van der Waals surface area contributed by atoms with Crippen molar-refractivity contribution in [2.45, 2.75) is 5.16 Å². The van der Waals surface area contributed by atoms with E-state index in [0.717, 1.165) is 0 Å². The smallest absolute Gasteiger partial charge is 0.254 e. The molecule has 3 rings (SSSR count). The van der Waals surface area contributed by atoms with Crippen molar-refractivity contribution < 1.29 is 13.9 Å². The van der Waals surface area contributed by atoms with E-state index in [4.69, 9.17) is 10.5 Å². The number of primary amides is 1. The highest BCUT2D eigenvalue weighted by Crippen LogP contribution is 2.31. The molecular formula is C16H17FN4O2S. The number of morpholine rings is 1. The van der Waals surface area contributed by atoms with E-state index in [1.807, 2.05) is 11.2 Å². The summed E-state index contributed by atoms with van der Waals surface area (Å²) >= 11 is 1.37. The number of hydrogen-bond donors (Lipinski definition) is 1. The third-order valence-electron chi connectivity index (χ3n) is 3.73. The van der Waals surface area contributed by atoms with Crippen molar-refractivity contribution in [1.29, 1.82) is 0 Å². The molecule has 0 bridgehead atoms. The molecule has 0 unspecified atom stereocenters. The van der Waals surface area contributed by atoms with E-state index in [2.05, 4.69) is 9.97 Å². The Hall–Kier alpha value is -2.19. The van der Waals surface area contributed by atoms with Crippen molar-refractivity contribution in [2.24, 2.45) is 5.73 Å². The summed E-state index contributed by atoms with van der Waals surface area (Å²) in [5.41, 5.74) is 6.92. The lowest BCUT2D eigenvalue weighted by Crippen LogP contribution is -2.38. The van der Waals surface area contributed by atoms with Gasteiger partial charge in [-0.1, -0.05) is 11.8 Å². The van der Waals surface area contributed by atoms with Gasteiger partial charge in [-0.25, -0.2) is 14.4 Å². The van der Waals surface area contributed by atoms with Gasteiger partial charge in [0.05, 0.1) is 18.9 Å². The average molecular weight is 348 g/mol. The summed E-state index contributed by atoms with van der Waals surface area (Å²) < 4.78 is 18.6. The molecule has 0 spiro atoms. The average Bonchev–Trinajstić information content (AvgIpc) is 2.61. The lowest BCUT2D eigenvalue weighted by atomic mass is 10.1. The molecule has 2 aromatic rings. The van der Waals surface area contributed by atoms with E-state index >= 15 is 0 Å². The van der Waals surface area contributed by atoms with Crippen LogP contribution in [0.5, 0.6) is 0 Å². The number of aromatic nitrogens is 2. The molecular weight excluding hydrogens is 331 g/mol. The molecule has 0 aliphatic carbocycles. The second-order valence-corrected chi connectivity index (χ2v) is 6.00. The Labute approximate surface area is 143 Å². The number of carbonyl (C=O) groups is 1. The van der Waals surface area contributed by atoms with Crippen molar-refractivity contribution in [2.75, 3.05) is 37.5 Å². The Kier molecular flexibility index (Phi) is 4.96. The van der Waals surface area contributed by atoms with Crippen LogP contribution in [0.25, 0.3) is 11.3 Å². The van der Waals surface area contributed by atoms with Crippen molar-refractivity contribution in [3.63, 3.8) is 0 Å². The maximum absolute atomic E-state index is 13.2. The molecule has 2 N–H and O–H groups in total. The number of halogens is 1. The Balaban J connectivity index is 2.19. The number of benzene rings is 1. The van der Waals surface area contributed by atoms with Gasteiger partial charge in [0.1, 0.15) is 17.2 Å². The molecule has 1 aliphatic heterocycles. The third kappa shape index (κ3) is 3.34. The normalized spacial score (nSPS) is 14.7. The first-order valence-corrected chi connectivity index (χ1v) is 8.67. The second kappa shape index (κ2) is 7.14. The van der Waals surface area contributed by atoms with Crippen LogP contribution >= 0.6 is 11.8 Å². The molecule has 126 valence electrons. The highest BCUT2D eigenvalue weighted by atomic mass is 32.2. The SMILES string of the molecule is CSc1nc(-c2ccc(F)cc2)c(C(N)=O)c(N2CCOCC2)n1. The van der Waals surface area contributed by atoms with Gasteiger partial charge in [0.2, 0.25) is 0 Å².